The molecule has 0 radical (unpaired) electrons. The average molecular weight is 422 g/mol. The molecule has 2 aliphatic heterocycles. The summed E-state index contributed by atoms with van der Waals surface area (Å²) in [7, 11) is 0. The van der Waals surface area contributed by atoms with Crippen LogP contribution < -0.4 is 10.6 Å². The summed E-state index contributed by atoms with van der Waals surface area (Å²) in [4.78, 5) is 10.1. The molecule has 2 N–H and O–H groups in total. The second-order valence-corrected chi connectivity index (χ2v) is 6.72. The Hall–Kier alpha value is -0.410. The molecule has 118 valence electrons. The topological polar surface area (TPSA) is 58.5 Å². The number of rotatable bonds is 4. The lowest BCUT2D eigenvalue weighted by Gasteiger charge is -2.22. The minimum absolute atomic E-state index is 0. The third kappa shape index (κ3) is 4.29. The van der Waals surface area contributed by atoms with Gasteiger partial charge in [-0.3, -0.25) is 0 Å². The van der Waals surface area contributed by atoms with Gasteiger partial charge in [-0.15, -0.1) is 35.3 Å². The number of hydrogen-bond acceptors (Lipinski definition) is 4. The third-order valence-electron chi connectivity index (χ3n) is 3.83. The Labute approximate surface area is 147 Å². The van der Waals surface area contributed by atoms with Crippen molar-refractivity contribution in [2.45, 2.75) is 57.9 Å². The van der Waals surface area contributed by atoms with E-state index in [0.29, 0.717) is 24.8 Å². The third-order valence-corrected chi connectivity index (χ3v) is 4.73. The summed E-state index contributed by atoms with van der Waals surface area (Å²) in [5.74, 6) is 0.889. The van der Waals surface area contributed by atoms with Gasteiger partial charge in [0.2, 0.25) is 0 Å². The molecule has 2 aliphatic rings. The average Bonchev–Trinajstić information content (AvgIpc) is 3.13. The van der Waals surface area contributed by atoms with Gasteiger partial charge in [-0.25, -0.2) is 9.98 Å². The van der Waals surface area contributed by atoms with E-state index in [1.807, 2.05) is 13.1 Å². The molecule has 1 aromatic heterocycles. The lowest BCUT2D eigenvalue weighted by atomic mass is 9.96. The van der Waals surface area contributed by atoms with Gasteiger partial charge in [-0.1, -0.05) is 0 Å². The number of hydrogen-bond donors (Lipinski definition) is 2. The maximum absolute atomic E-state index is 5.88. The predicted molar refractivity (Wildman–Crippen MR) is 96.5 cm³/mol. The Morgan fingerprint density at radius 3 is 2.95 bits per heavy atom. The van der Waals surface area contributed by atoms with E-state index in [1.165, 1.54) is 17.7 Å². The molecule has 3 atom stereocenters. The van der Waals surface area contributed by atoms with Crippen molar-refractivity contribution < 1.29 is 4.74 Å². The summed E-state index contributed by atoms with van der Waals surface area (Å²) in [6, 6.07) is 0.412. The molecule has 7 heteroatoms. The first kappa shape index (κ1) is 17.0. The number of thiazole rings is 1. The molecule has 0 spiro atoms. The fraction of sp³-hybridized carbons (Fsp3) is 0.714. The summed E-state index contributed by atoms with van der Waals surface area (Å²) >= 11 is 1.70. The van der Waals surface area contributed by atoms with E-state index in [4.69, 9.17) is 4.74 Å². The van der Waals surface area contributed by atoms with E-state index in [9.17, 15) is 0 Å². The Morgan fingerprint density at radius 1 is 1.52 bits per heavy atom. The molecule has 3 rings (SSSR count). The Kier molecular flexibility index (Phi) is 6.24. The zero-order valence-electron chi connectivity index (χ0n) is 12.5. The van der Waals surface area contributed by atoms with Gasteiger partial charge in [-0.05, 0) is 33.1 Å². The van der Waals surface area contributed by atoms with Gasteiger partial charge < -0.3 is 15.4 Å². The van der Waals surface area contributed by atoms with Crippen LogP contribution in [0.4, 0.5) is 0 Å². The smallest absolute Gasteiger partial charge is 0.191 e. The minimum Gasteiger partial charge on any atom is -0.373 e. The molecule has 0 amide bonds. The molecule has 2 fully saturated rings. The maximum Gasteiger partial charge on any atom is 0.191 e. The Bertz CT molecular complexity index is 493. The highest BCUT2D eigenvalue weighted by molar-refractivity contribution is 14.0. The standard InChI is InChI=1S/C14H22N4OS.HI/c1-3-15-14(17-8-11-7-16-9(2)20-11)18-12-6-10-4-5-13(12)19-10;/h7,10,12-13H,3-6,8H2,1-2H3,(H2,15,17,18);1H. The highest BCUT2D eigenvalue weighted by Crippen LogP contribution is 2.34. The molecule has 2 saturated heterocycles. The van der Waals surface area contributed by atoms with Gasteiger partial charge in [0.25, 0.3) is 0 Å². The normalized spacial score (nSPS) is 27.5. The van der Waals surface area contributed by atoms with E-state index in [-0.39, 0.29) is 24.0 Å². The number of ether oxygens (including phenoxy) is 1. The van der Waals surface area contributed by atoms with Crippen LogP contribution in [0.15, 0.2) is 11.2 Å². The highest BCUT2D eigenvalue weighted by Gasteiger charge is 2.41. The van der Waals surface area contributed by atoms with Crippen molar-refractivity contribution in [2.75, 3.05) is 6.54 Å². The zero-order valence-corrected chi connectivity index (χ0v) is 15.6. The van der Waals surface area contributed by atoms with Crippen LogP contribution in [-0.2, 0) is 11.3 Å². The van der Waals surface area contributed by atoms with Gasteiger partial charge in [-0.2, -0.15) is 0 Å². The first-order valence-corrected chi connectivity index (χ1v) is 8.18. The van der Waals surface area contributed by atoms with Crippen molar-refractivity contribution in [1.29, 1.82) is 0 Å². The molecule has 1 aromatic rings. The molecule has 3 unspecified atom stereocenters. The summed E-state index contributed by atoms with van der Waals surface area (Å²) < 4.78 is 5.88. The Morgan fingerprint density at radius 2 is 2.38 bits per heavy atom. The van der Waals surface area contributed by atoms with Crippen LogP contribution >= 0.6 is 35.3 Å². The largest absolute Gasteiger partial charge is 0.373 e. The van der Waals surface area contributed by atoms with Crippen LogP contribution in [0, 0.1) is 6.92 Å². The number of fused-ring (bicyclic) bond motifs is 2. The molecular weight excluding hydrogens is 399 g/mol. The number of nitrogens with zero attached hydrogens (tertiary/aromatic N) is 2. The molecular formula is C14H23IN4OS. The maximum atomic E-state index is 5.88. The van der Waals surface area contributed by atoms with Crippen LogP contribution in [0.1, 0.15) is 36.1 Å². The number of aliphatic imine (C=N–C) groups is 1. The Balaban J connectivity index is 0.00000161. The van der Waals surface area contributed by atoms with Crippen molar-refractivity contribution in [1.82, 2.24) is 15.6 Å². The summed E-state index contributed by atoms with van der Waals surface area (Å²) in [5, 5.41) is 7.93. The van der Waals surface area contributed by atoms with Gasteiger partial charge in [0.15, 0.2) is 5.96 Å². The van der Waals surface area contributed by atoms with Crippen LogP contribution in [0.2, 0.25) is 0 Å². The van der Waals surface area contributed by atoms with Gasteiger partial charge in [0.1, 0.15) is 0 Å². The van der Waals surface area contributed by atoms with E-state index >= 15 is 0 Å². The second kappa shape index (κ2) is 7.73. The van der Waals surface area contributed by atoms with Crippen LogP contribution in [0.5, 0.6) is 0 Å². The molecule has 5 nitrogen and oxygen atoms in total. The fourth-order valence-electron chi connectivity index (χ4n) is 2.92. The van der Waals surface area contributed by atoms with Gasteiger partial charge in [0, 0.05) is 17.6 Å². The van der Waals surface area contributed by atoms with Crippen molar-refractivity contribution in [3.63, 3.8) is 0 Å². The number of aryl methyl sites for hydroxylation is 1. The molecule has 3 heterocycles. The molecule has 21 heavy (non-hydrogen) atoms. The number of nitrogens with one attached hydrogen (secondary N) is 2. The summed E-state index contributed by atoms with van der Waals surface area (Å²) in [5.41, 5.74) is 0. The summed E-state index contributed by atoms with van der Waals surface area (Å²) in [6.45, 7) is 5.66. The SMILES string of the molecule is CCNC(=NCc1cnc(C)s1)NC1CC2CCC1O2.I. The van der Waals surface area contributed by atoms with Gasteiger partial charge in [0.05, 0.1) is 29.8 Å². The number of halogens is 1. The lowest BCUT2D eigenvalue weighted by Crippen LogP contribution is -2.47. The van der Waals surface area contributed by atoms with Crippen molar-refractivity contribution in [2.24, 2.45) is 4.99 Å². The van der Waals surface area contributed by atoms with Gasteiger partial charge >= 0.3 is 0 Å². The van der Waals surface area contributed by atoms with Crippen LogP contribution in [-0.4, -0.2) is 35.7 Å². The van der Waals surface area contributed by atoms with E-state index in [1.54, 1.807) is 11.3 Å². The molecule has 0 aromatic carbocycles. The van der Waals surface area contributed by atoms with E-state index in [0.717, 1.165) is 23.9 Å². The monoisotopic (exact) mass is 422 g/mol. The molecule has 0 saturated carbocycles. The van der Waals surface area contributed by atoms with Crippen LogP contribution in [0.25, 0.3) is 0 Å². The first-order valence-electron chi connectivity index (χ1n) is 7.36. The molecule has 0 aliphatic carbocycles. The summed E-state index contributed by atoms with van der Waals surface area (Å²) in [6.07, 6.45) is 6.24. The second-order valence-electron chi connectivity index (χ2n) is 5.40. The molecule has 2 bridgehead atoms. The van der Waals surface area contributed by atoms with Crippen molar-refractivity contribution in [3.8, 4) is 0 Å². The fourth-order valence-corrected chi connectivity index (χ4v) is 3.64. The lowest BCUT2D eigenvalue weighted by molar-refractivity contribution is 0.0992. The van der Waals surface area contributed by atoms with Crippen molar-refractivity contribution in [3.05, 3.63) is 16.1 Å². The van der Waals surface area contributed by atoms with E-state index < -0.39 is 0 Å². The highest BCUT2D eigenvalue weighted by atomic mass is 127. The number of aromatic nitrogens is 1. The van der Waals surface area contributed by atoms with Crippen molar-refractivity contribution >= 4 is 41.3 Å². The quantitative estimate of drug-likeness (QED) is 0.445. The van der Waals surface area contributed by atoms with E-state index in [2.05, 4.69) is 27.5 Å². The first-order chi connectivity index (χ1) is 9.74. The van der Waals surface area contributed by atoms with Crippen LogP contribution in [0.3, 0.4) is 0 Å². The number of guanidine groups is 1. The zero-order chi connectivity index (χ0) is 13.9. The predicted octanol–water partition coefficient (Wildman–Crippen LogP) is 2.44. The minimum atomic E-state index is 0.